The highest BCUT2D eigenvalue weighted by atomic mass is 16.2. The molecule has 3 N–H and O–H groups in total. The van der Waals surface area contributed by atoms with Crippen LogP contribution in [0.25, 0.3) is 0 Å². The van der Waals surface area contributed by atoms with Crippen molar-refractivity contribution in [1.29, 1.82) is 0 Å². The summed E-state index contributed by atoms with van der Waals surface area (Å²) in [5, 5.41) is 7.42. The molecule has 2 aliphatic rings. The SMILES string of the molecule is N[C@@H]1c2ccccc2C[C@H]1NC(=O)c1ccnn1CC1CCC1. The minimum absolute atomic E-state index is 0.0491. The van der Waals surface area contributed by atoms with Gasteiger partial charge in [-0.1, -0.05) is 30.7 Å². The minimum Gasteiger partial charge on any atom is -0.346 e. The highest BCUT2D eigenvalue weighted by molar-refractivity contribution is 5.92. The van der Waals surface area contributed by atoms with Crippen LogP contribution in [0.2, 0.25) is 0 Å². The number of aromatic nitrogens is 2. The summed E-state index contributed by atoms with van der Waals surface area (Å²) in [6.07, 6.45) is 6.27. The van der Waals surface area contributed by atoms with E-state index in [4.69, 9.17) is 5.73 Å². The van der Waals surface area contributed by atoms with E-state index in [2.05, 4.69) is 16.5 Å². The summed E-state index contributed by atoms with van der Waals surface area (Å²) in [6, 6.07) is 9.75. The molecule has 0 aliphatic heterocycles. The molecule has 1 heterocycles. The van der Waals surface area contributed by atoms with Crippen molar-refractivity contribution in [3.05, 3.63) is 53.3 Å². The largest absolute Gasteiger partial charge is 0.346 e. The Morgan fingerprint density at radius 1 is 1.30 bits per heavy atom. The third kappa shape index (κ3) is 2.65. The van der Waals surface area contributed by atoms with Gasteiger partial charge >= 0.3 is 0 Å². The van der Waals surface area contributed by atoms with Crippen molar-refractivity contribution in [3.8, 4) is 0 Å². The molecule has 1 aromatic heterocycles. The van der Waals surface area contributed by atoms with Crippen LogP contribution in [0.1, 0.15) is 46.9 Å². The molecule has 23 heavy (non-hydrogen) atoms. The van der Waals surface area contributed by atoms with Crippen molar-refractivity contribution >= 4 is 5.91 Å². The highest BCUT2D eigenvalue weighted by Gasteiger charge is 2.31. The summed E-state index contributed by atoms with van der Waals surface area (Å²) in [6.45, 7) is 0.840. The third-order valence-corrected chi connectivity index (χ3v) is 5.21. The van der Waals surface area contributed by atoms with Crippen LogP contribution in [0.5, 0.6) is 0 Å². The Balaban J connectivity index is 1.46. The van der Waals surface area contributed by atoms with Gasteiger partial charge in [0.1, 0.15) is 5.69 Å². The summed E-state index contributed by atoms with van der Waals surface area (Å²) >= 11 is 0. The average molecular weight is 310 g/mol. The fourth-order valence-electron chi connectivity index (χ4n) is 3.60. The van der Waals surface area contributed by atoms with E-state index in [0.29, 0.717) is 11.6 Å². The molecule has 1 fully saturated rings. The van der Waals surface area contributed by atoms with Crippen LogP contribution < -0.4 is 11.1 Å². The van der Waals surface area contributed by atoms with Gasteiger partial charge in [0.2, 0.25) is 0 Å². The summed E-state index contributed by atoms with van der Waals surface area (Å²) in [4.78, 5) is 12.6. The summed E-state index contributed by atoms with van der Waals surface area (Å²) in [5.41, 5.74) is 9.31. The molecule has 0 bridgehead atoms. The zero-order valence-corrected chi connectivity index (χ0v) is 13.1. The second-order valence-corrected chi connectivity index (χ2v) is 6.70. The molecular formula is C18H22N4O. The maximum atomic E-state index is 12.6. The molecule has 5 nitrogen and oxygen atoms in total. The van der Waals surface area contributed by atoms with Crippen LogP contribution in [0, 0.1) is 5.92 Å². The van der Waals surface area contributed by atoms with Crippen molar-refractivity contribution < 1.29 is 4.79 Å². The van der Waals surface area contributed by atoms with E-state index in [-0.39, 0.29) is 18.0 Å². The van der Waals surface area contributed by atoms with Gasteiger partial charge in [-0.15, -0.1) is 0 Å². The second kappa shape index (κ2) is 5.81. The van der Waals surface area contributed by atoms with Crippen LogP contribution in [-0.4, -0.2) is 21.7 Å². The van der Waals surface area contributed by atoms with E-state index >= 15 is 0 Å². The number of hydrogen-bond donors (Lipinski definition) is 2. The first-order valence-electron chi connectivity index (χ1n) is 8.38. The maximum Gasteiger partial charge on any atom is 0.269 e. The number of nitrogens with two attached hydrogens (primary N) is 1. The molecule has 2 aromatic rings. The molecule has 120 valence electrons. The first-order valence-corrected chi connectivity index (χ1v) is 8.38. The Bertz CT molecular complexity index is 719. The Hall–Kier alpha value is -2.14. The van der Waals surface area contributed by atoms with E-state index in [1.807, 2.05) is 22.9 Å². The lowest BCUT2D eigenvalue weighted by Gasteiger charge is -2.26. The Morgan fingerprint density at radius 2 is 2.13 bits per heavy atom. The molecule has 0 unspecified atom stereocenters. The van der Waals surface area contributed by atoms with Crippen LogP contribution in [0.4, 0.5) is 0 Å². The van der Waals surface area contributed by atoms with Gasteiger partial charge in [0.05, 0.1) is 12.1 Å². The number of nitrogens with zero attached hydrogens (tertiary/aromatic N) is 2. The first kappa shape index (κ1) is 14.5. The van der Waals surface area contributed by atoms with Crippen molar-refractivity contribution in [2.24, 2.45) is 11.7 Å². The molecule has 0 saturated heterocycles. The molecular weight excluding hydrogens is 288 g/mol. The number of nitrogens with one attached hydrogen (secondary N) is 1. The van der Waals surface area contributed by atoms with Crippen molar-refractivity contribution in [2.45, 2.75) is 44.3 Å². The van der Waals surface area contributed by atoms with Gasteiger partial charge in [-0.25, -0.2) is 0 Å². The van der Waals surface area contributed by atoms with Gasteiger partial charge in [-0.05, 0) is 42.4 Å². The van der Waals surface area contributed by atoms with Crippen molar-refractivity contribution in [2.75, 3.05) is 0 Å². The van der Waals surface area contributed by atoms with Gasteiger partial charge < -0.3 is 11.1 Å². The second-order valence-electron chi connectivity index (χ2n) is 6.70. The molecule has 1 amide bonds. The number of benzene rings is 1. The molecule has 0 spiro atoms. The molecule has 5 heteroatoms. The average Bonchev–Trinajstić information content (AvgIpc) is 3.09. The molecule has 1 aromatic carbocycles. The normalized spacial score (nSPS) is 23.3. The van der Waals surface area contributed by atoms with Crippen molar-refractivity contribution in [3.63, 3.8) is 0 Å². The van der Waals surface area contributed by atoms with E-state index in [0.717, 1.165) is 18.5 Å². The summed E-state index contributed by atoms with van der Waals surface area (Å²) in [7, 11) is 0. The number of fused-ring (bicyclic) bond motifs is 1. The predicted octanol–water partition coefficient (Wildman–Crippen LogP) is 2.04. The van der Waals surface area contributed by atoms with E-state index in [1.54, 1.807) is 12.3 Å². The fraction of sp³-hybridized carbons (Fsp3) is 0.444. The lowest BCUT2D eigenvalue weighted by atomic mass is 9.85. The van der Waals surface area contributed by atoms with Gasteiger partial charge in [-0.2, -0.15) is 5.10 Å². The number of carbonyl (C=O) groups excluding carboxylic acids is 1. The topological polar surface area (TPSA) is 72.9 Å². The lowest BCUT2D eigenvalue weighted by molar-refractivity contribution is 0.0919. The number of rotatable bonds is 4. The third-order valence-electron chi connectivity index (χ3n) is 5.21. The van der Waals surface area contributed by atoms with E-state index < -0.39 is 0 Å². The zero-order chi connectivity index (χ0) is 15.8. The maximum absolute atomic E-state index is 12.6. The fourth-order valence-corrected chi connectivity index (χ4v) is 3.60. The smallest absolute Gasteiger partial charge is 0.269 e. The Kier molecular flexibility index (Phi) is 3.65. The quantitative estimate of drug-likeness (QED) is 0.907. The molecule has 0 radical (unpaired) electrons. The van der Waals surface area contributed by atoms with E-state index in [9.17, 15) is 4.79 Å². The number of amides is 1. The standard InChI is InChI=1S/C18H22N4O/c19-17-14-7-2-1-6-13(14)10-15(17)21-18(23)16-8-9-20-22(16)11-12-4-3-5-12/h1-2,6-9,12,15,17H,3-5,10-11,19H2,(H,21,23)/t15-,17-/m1/s1. The number of carbonyl (C=O) groups is 1. The molecule has 2 atom stereocenters. The molecule has 4 rings (SSSR count). The molecule has 2 aliphatic carbocycles. The zero-order valence-electron chi connectivity index (χ0n) is 13.1. The number of hydrogen-bond acceptors (Lipinski definition) is 3. The van der Waals surface area contributed by atoms with Crippen LogP contribution >= 0.6 is 0 Å². The minimum atomic E-state index is -0.141. The van der Waals surface area contributed by atoms with Crippen molar-refractivity contribution in [1.82, 2.24) is 15.1 Å². The van der Waals surface area contributed by atoms with E-state index in [1.165, 1.54) is 24.8 Å². The first-order chi connectivity index (χ1) is 11.2. The Labute approximate surface area is 135 Å². The molecule has 1 saturated carbocycles. The van der Waals surface area contributed by atoms with Gasteiger partial charge in [-0.3, -0.25) is 9.48 Å². The van der Waals surface area contributed by atoms with Gasteiger partial charge in [0.25, 0.3) is 5.91 Å². The van der Waals surface area contributed by atoms with Crippen LogP contribution in [0.15, 0.2) is 36.5 Å². The predicted molar refractivity (Wildman–Crippen MR) is 87.9 cm³/mol. The van der Waals surface area contributed by atoms with Gasteiger partial charge in [0.15, 0.2) is 0 Å². The lowest BCUT2D eigenvalue weighted by Crippen LogP contribution is -2.41. The van der Waals surface area contributed by atoms with Crippen LogP contribution in [0.3, 0.4) is 0 Å². The summed E-state index contributed by atoms with van der Waals surface area (Å²) in [5.74, 6) is 0.592. The Morgan fingerprint density at radius 3 is 2.87 bits per heavy atom. The monoisotopic (exact) mass is 310 g/mol. The highest BCUT2D eigenvalue weighted by Crippen LogP contribution is 2.30. The van der Waals surface area contributed by atoms with Gasteiger partial charge in [0, 0.05) is 12.7 Å². The summed E-state index contributed by atoms with van der Waals surface area (Å²) < 4.78 is 1.84. The van der Waals surface area contributed by atoms with Crippen LogP contribution in [-0.2, 0) is 13.0 Å².